The molecule has 0 saturated heterocycles. The summed E-state index contributed by atoms with van der Waals surface area (Å²) in [6, 6.07) is 18.7. The highest BCUT2D eigenvalue weighted by Gasteiger charge is 2.22. The average Bonchev–Trinajstić information content (AvgIpc) is 3.06. The second-order valence-corrected chi connectivity index (χ2v) is 17.0. The van der Waals surface area contributed by atoms with Crippen LogP contribution in [0.1, 0.15) is 104 Å². The van der Waals surface area contributed by atoms with Gasteiger partial charge in [0, 0.05) is 33.9 Å². The molecule has 0 bridgehead atoms. The summed E-state index contributed by atoms with van der Waals surface area (Å²) in [6.07, 6.45) is -3.57. The number of amides is 6. The van der Waals surface area contributed by atoms with Crippen LogP contribution in [-0.4, -0.2) is 70.5 Å². The molecule has 6 amide bonds. The Bertz CT molecular complexity index is 1940. The summed E-state index contributed by atoms with van der Waals surface area (Å²) in [5, 5.41) is 16.0. The Kier molecular flexibility index (Phi) is 15.5. The Hall–Kier alpha value is -6.98. The van der Waals surface area contributed by atoms with Crippen molar-refractivity contribution in [3.63, 3.8) is 0 Å². The highest BCUT2D eigenvalue weighted by Crippen LogP contribution is 2.19. The standard InChI is InChI=1S/C42H54N8O10/c1-39(2,3)57-35(53)47-33(48-36(54)58-40(4,5)6)45-29-21-17-27(18-22-29)43-31(51)25-13-15-26(16-14-25)32(52)44-28-19-23-30(24-20-28)46-34(49-37(55)59-41(7,8)9)50-38(56)60-42(10,11)12/h13-24H,1-12H3,(H,43,51)(H,44,52)(H2,45,47,48,53,54)(H2,46,49,50,55,56). The van der Waals surface area contributed by atoms with E-state index in [0.29, 0.717) is 22.7 Å². The Labute approximate surface area is 349 Å². The molecule has 3 rings (SSSR count). The van der Waals surface area contributed by atoms with E-state index in [2.05, 4.69) is 41.9 Å². The van der Waals surface area contributed by atoms with Gasteiger partial charge in [-0.1, -0.05) is 0 Å². The molecule has 0 aliphatic rings. The van der Waals surface area contributed by atoms with Crippen LogP contribution in [-0.2, 0) is 18.9 Å². The second kappa shape index (κ2) is 19.6. The fraction of sp³-hybridized carbons (Fsp3) is 0.381. The number of guanidine groups is 2. The number of hydrogen-bond acceptors (Lipinski definition) is 10. The van der Waals surface area contributed by atoms with Crippen LogP contribution in [0.2, 0.25) is 0 Å². The number of nitrogens with one attached hydrogen (secondary N) is 6. The Morgan fingerprint density at radius 2 is 0.633 bits per heavy atom. The smallest absolute Gasteiger partial charge is 0.437 e. The van der Waals surface area contributed by atoms with E-state index in [1.54, 1.807) is 132 Å². The largest absolute Gasteiger partial charge is 0.444 e. The van der Waals surface area contributed by atoms with Gasteiger partial charge in [0.25, 0.3) is 11.8 Å². The van der Waals surface area contributed by atoms with Crippen LogP contribution in [0.25, 0.3) is 0 Å². The molecule has 0 atom stereocenters. The topological polar surface area (TPSA) is 236 Å². The van der Waals surface area contributed by atoms with Gasteiger partial charge in [0.1, 0.15) is 22.4 Å². The van der Waals surface area contributed by atoms with E-state index in [4.69, 9.17) is 18.9 Å². The van der Waals surface area contributed by atoms with E-state index in [1.807, 2.05) is 0 Å². The minimum Gasteiger partial charge on any atom is -0.444 e. The second-order valence-electron chi connectivity index (χ2n) is 17.0. The lowest BCUT2D eigenvalue weighted by molar-refractivity contribution is 0.0545. The molecule has 18 heteroatoms. The quantitative estimate of drug-likeness (QED) is 0.0778. The number of hydrogen-bond donors (Lipinski definition) is 6. The van der Waals surface area contributed by atoms with Gasteiger partial charge < -0.3 is 40.2 Å². The van der Waals surface area contributed by atoms with Crippen LogP contribution in [0, 0.1) is 0 Å². The number of nitrogens with zero attached hydrogens (tertiary/aromatic N) is 2. The molecule has 0 heterocycles. The van der Waals surface area contributed by atoms with Crippen molar-refractivity contribution in [3.05, 3.63) is 83.9 Å². The first-order chi connectivity index (χ1) is 27.6. The summed E-state index contributed by atoms with van der Waals surface area (Å²) in [6.45, 7) is 20.2. The zero-order chi connectivity index (χ0) is 45.1. The van der Waals surface area contributed by atoms with Crippen molar-refractivity contribution in [2.75, 3.05) is 21.3 Å². The molecule has 3 aromatic rings. The predicted molar refractivity (Wildman–Crippen MR) is 229 cm³/mol. The molecule has 0 saturated carbocycles. The van der Waals surface area contributed by atoms with E-state index in [0.717, 1.165) is 0 Å². The van der Waals surface area contributed by atoms with Crippen LogP contribution in [0.5, 0.6) is 0 Å². The molecule has 0 aliphatic carbocycles. The minimum absolute atomic E-state index is 0.237. The lowest BCUT2D eigenvalue weighted by atomic mass is 10.1. The van der Waals surface area contributed by atoms with Crippen molar-refractivity contribution >= 4 is 70.9 Å². The number of aliphatic imine (C=N–C) groups is 2. The first-order valence-electron chi connectivity index (χ1n) is 18.7. The highest BCUT2D eigenvalue weighted by molar-refractivity contribution is 6.09. The minimum atomic E-state index is -0.938. The third-order valence-corrected chi connectivity index (χ3v) is 6.65. The van der Waals surface area contributed by atoms with Gasteiger partial charge in [-0.25, -0.2) is 19.2 Å². The molecule has 0 aromatic heterocycles. The van der Waals surface area contributed by atoms with Crippen molar-refractivity contribution < 1.29 is 47.7 Å². The summed E-state index contributed by atoms with van der Waals surface area (Å²) >= 11 is 0. The van der Waals surface area contributed by atoms with Gasteiger partial charge >= 0.3 is 24.4 Å². The zero-order valence-corrected chi connectivity index (χ0v) is 35.9. The predicted octanol–water partition coefficient (Wildman–Crippen LogP) is 8.65. The molecule has 0 aliphatic heterocycles. The molecule has 6 N–H and O–H groups in total. The third kappa shape index (κ3) is 18.5. The maximum Gasteiger partial charge on any atom is 0.437 e. The number of rotatable bonds is 6. The van der Waals surface area contributed by atoms with E-state index in [1.165, 1.54) is 24.3 Å². The van der Waals surface area contributed by atoms with Crippen molar-refractivity contribution in [1.82, 2.24) is 10.6 Å². The monoisotopic (exact) mass is 830 g/mol. The lowest BCUT2D eigenvalue weighted by Crippen LogP contribution is -2.40. The molecule has 0 unspecified atom stereocenters. The van der Waals surface area contributed by atoms with Crippen molar-refractivity contribution in [3.8, 4) is 0 Å². The number of anilines is 4. The van der Waals surface area contributed by atoms with E-state index < -0.39 is 58.6 Å². The highest BCUT2D eigenvalue weighted by atomic mass is 16.6. The van der Waals surface area contributed by atoms with Crippen molar-refractivity contribution in [1.29, 1.82) is 0 Å². The summed E-state index contributed by atoms with van der Waals surface area (Å²) < 4.78 is 21.0. The number of benzene rings is 3. The summed E-state index contributed by atoms with van der Waals surface area (Å²) in [4.78, 5) is 83.3. The SMILES string of the molecule is CC(C)(C)OC(=O)N=C(NC(=O)OC(C)(C)C)Nc1ccc(NC(=O)c2ccc(C(=O)Nc3ccc(NC(=NC(=O)OC(C)(C)C)NC(=O)OC(C)(C)C)cc3)cc2)cc1. The van der Waals surface area contributed by atoms with Gasteiger partial charge in [-0.3, -0.25) is 20.2 Å². The van der Waals surface area contributed by atoms with E-state index >= 15 is 0 Å². The van der Waals surface area contributed by atoms with Crippen LogP contribution < -0.4 is 31.9 Å². The fourth-order valence-electron chi connectivity index (χ4n) is 4.45. The fourth-order valence-corrected chi connectivity index (χ4v) is 4.45. The summed E-state index contributed by atoms with van der Waals surface area (Å²) in [5.74, 6) is -1.36. The molecule has 60 heavy (non-hydrogen) atoms. The van der Waals surface area contributed by atoms with Gasteiger partial charge in [0.05, 0.1) is 0 Å². The number of alkyl carbamates (subject to hydrolysis) is 2. The average molecular weight is 831 g/mol. The molecule has 0 fully saturated rings. The number of carbonyl (C=O) groups is 6. The third-order valence-electron chi connectivity index (χ3n) is 6.65. The Morgan fingerprint density at radius 3 is 0.883 bits per heavy atom. The lowest BCUT2D eigenvalue weighted by Gasteiger charge is -2.21. The molecule has 3 aromatic carbocycles. The van der Waals surface area contributed by atoms with E-state index in [9.17, 15) is 28.8 Å². The summed E-state index contributed by atoms with van der Waals surface area (Å²) in [7, 11) is 0. The number of ether oxygens (including phenoxy) is 4. The summed E-state index contributed by atoms with van der Waals surface area (Å²) in [5.41, 5.74) is -0.998. The Balaban J connectivity index is 1.63. The van der Waals surface area contributed by atoms with Gasteiger partial charge in [0.2, 0.25) is 11.9 Å². The maximum absolute atomic E-state index is 13.0. The van der Waals surface area contributed by atoms with Gasteiger partial charge in [-0.15, -0.1) is 9.98 Å². The number of carbonyl (C=O) groups excluding carboxylic acids is 6. The first-order valence-corrected chi connectivity index (χ1v) is 18.7. The Morgan fingerprint density at radius 1 is 0.383 bits per heavy atom. The molecule has 322 valence electrons. The van der Waals surface area contributed by atoms with Crippen LogP contribution in [0.15, 0.2) is 82.8 Å². The zero-order valence-electron chi connectivity index (χ0n) is 35.9. The van der Waals surface area contributed by atoms with Crippen molar-refractivity contribution in [2.24, 2.45) is 9.98 Å². The molecular weight excluding hydrogens is 777 g/mol. The molecular formula is C42H54N8O10. The van der Waals surface area contributed by atoms with E-state index in [-0.39, 0.29) is 23.0 Å². The maximum atomic E-state index is 13.0. The van der Waals surface area contributed by atoms with Crippen molar-refractivity contribution in [2.45, 2.75) is 105 Å². The first kappa shape index (κ1) is 47.4. The van der Waals surface area contributed by atoms with Crippen LogP contribution in [0.4, 0.5) is 41.9 Å². The van der Waals surface area contributed by atoms with Crippen LogP contribution >= 0.6 is 0 Å². The normalized spacial score (nSPS) is 12.3. The molecule has 18 nitrogen and oxygen atoms in total. The molecule has 0 spiro atoms. The molecule has 0 radical (unpaired) electrons. The van der Waals surface area contributed by atoms with Gasteiger partial charge in [-0.05, 0) is 156 Å². The van der Waals surface area contributed by atoms with Gasteiger partial charge in [-0.2, -0.15) is 0 Å². The van der Waals surface area contributed by atoms with Gasteiger partial charge in [0.15, 0.2) is 0 Å². The van der Waals surface area contributed by atoms with Crippen LogP contribution in [0.3, 0.4) is 0 Å².